The third-order valence-electron chi connectivity index (χ3n) is 5.76. The summed E-state index contributed by atoms with van der Waals surface area (Å²) >= 11 is 0. The van der Waals surface area contributed by atoms with Gasteiger partial charge in [0.05, 0.1) is 11.7 Å². The normalized spacial score (nSPS) is 21.1. The molecule has 0 bridgehead atoms. The summed E-state index contributed by atoms with van der Waals surface area (Å²) in [5, 5.41) is 0. The first-order chi connectivity index (χ1) is 12.7. The first-order valence-corrected chi connectivity index (χ1v) is 9.86. The minimum absolute atomic E-state index is 0.0159. The fraction of sp³-hybridized carbons (Fsp3) is 0.750. The second-order valence-electron chi connectivity index (χ2n) is 8.44. The first-order valence-electron chi connectivity index (χ1n) is 9.86. The number of likely N-dealkylation sites (N-methyl/N-ethyl adjacent to an activating group) is 1. The highest BCUT2D eigenvalue weighted by Crippen LogP contribution is 2.34. The van der Waals surface area contributed by atoms with E-state index in [0.29, 0.717) is 0 Å². The molecule has 0 saturated carbocycles. The third-order valence-corrected chi connectivity index (χ3v) is 5.76. The fourth-order valence-corrected chi connectivity index (χ4v) is 3.95. The van der Waals surface area contributed by atoms with Gasteiger partial charge in [-0.2, -0.15) is 0 Å². The van der Waals surface area contributed by atoms with Gasteiger partial charge in [-0.3, -0.25) is 4.79 Å². The van der Waals surface area contributed by atoms with E-state index in [1.807, 2.05) is 32.8 Å². The molecule has 2 aliphatic rings. The number of amides is 1. The van der Waals surface area contributed by atoms with Crippen LogP contribution >= 0.6 is 0 Å². The van der Waals surface area contributed by atoms with Gasteiger partial charge in [0.2, 0.25) is 0 Å². The smallest absolute Gasteiger partial charge is 0.254 e. The van der Waals surface area contributed by atoms with E-state index in [-0.39, 0.29) is 11.9 Å². The number of rotatable bonds is 4. The molecular formula is C20H33N5O2. The van der Waals surface area contributed by atoms with Crippen LogP contribution in [0.3, 0.4) is 0 Å². The van der Waals surface area contributed by atoms with Gasteiger partial charge in [0.1, 0.15) is 11.4 Å². The summed E-state index contributed by atoms with van der Waals surface area (Å²) in [6.07, 6.45) is 3.92. The lowest BCUT2D eigenvalue weighted by atomic mass is 9.97. The Hall–Kier alpha value is -1.73. The maximum atomic E-state index is 13.1. The number of anilines is 1. The standard InChI is InChI=1S/C20H33N5O2/c1-20(2,27-6)19(26)25-11-8-7-9-16(25)17-21-15-10-12-24(5)13-14(15)18(22-17)23(3)4/h16H,7-13H2,1-6H3. The number of hydrogen-bond acceptors (Lipinski definition) is 6. The summed E-state index contributed by atoms with van der Waals surface area (Å²) in [4.78, 5) is 29.3. The van der Waals surface area contributed by atoms with Crippen LogP contribution in [0.1, 0.15) is 56.2 Å². The average Bonchev–Trinajstić information content (AvgIpc) is 2.66. The third kappa shape index (κ3) is 3.94. The molecule has 2 aliphatic heterocycles. The van der Waals surface area contributed by atoms with Crippen molar-refractivity contribution in [3.63, 3.8) is 0 Å². The molecule has 1 amide bonds. The zero-order valence-corrected chi connectivity index (χ0v) is 17.6. The van der Waals surface area contributed by atoms with Crippen molar-refractivity contribution in [3.05, 3.63) is 17.1 Å². The fourth-order valence-electron chi connectivity index (χ4n) is 3.95. The van der Waals surface area contributed by atoms with Crippen molar-refractivity contribution in [1.29, 1.82) is 0 Å². The molecule has 1 fully saturated rings. The molecule has 3 heterocycles. The number of ether oxygens (including phenoxy) is 1. The summed E-state index contributed by atoms with van der Waals surface area (Å²) < 4.78 is 5.46. The highest BCUT2D eigenvalue weighted by molar-refractivity contribution is 5.84. The molecule has 0 spiro atoms. The predicted molar refractivity (Wildman–Crippen MR) is 106 cm³/mol. The number of nitrogens with zero attached hydrogens (tertiary/aromatic N) is 5. The van der Waals surface area contributed by atoms with E-state index in [1.165, 1.54) is 5.56 Å². The minimum Gasteiger partial charge on any atom is -0.369 e. The number of methoxy groups -OCH3 is 1. The van der Waals surface area contributed by atoms with Crippen LogP contribution in [0.15, 0.2) is 0 Å². The van der Waals surface area contributed by atoms with Crippen molar-refractivity contribution in [2.45, 2.75) is 57.7 Å². The molecule has 7 nitrogen and oxygen atoms in total. The average molecular weight is 376 g/mol. The van der Waals surface area contributed by atoms with E-state index in [1.54, 1.807) is 7.11 Å². The Balaban J connectivity index is 2.00. The Kier molecular flexibility index (Phi) is 5.72. The highest BCUT2D eigenvalue weighted by atomic mass is 16.5. The van der Waals surface area contributed by atoms with Crippen molar-refractivity contribution >= 4 is 11.7 Å². The van der Waals surface area contributed by atoms with Crippen LogP contribution in [0, 0.1) is 0 Å². The Morgan fingerprint density at radius 3 is 2.63 bits per heavy atom. The molecule has 1 aromatic rings. The lowest BCUT2D eigenvalue weighted by molar-refractivity contribution is -0.155. The zero-order chi connectivity index (χ0) is 19.8. The molecule has 3 rings (SSSR count). The minimum atomic E-state index is -0.836. The van der Waals surface area contributed by atoms with Gasteiger partial charge in [-0.25, -0.2) is 9.97 Å². The summed E-state index contributed by atoms with van der Waals surface area (Å²) in [5.74, 6) is 1.77. The van der Waals surface area contributed by atoms with Gasteiger partial charge in [0, 0.05) is 52.8 Å². The summed E-state index contributed by atoms with van der Waals surface area (Å²) in [5.41, 5.74) is 1.51. The predicted octanol–water partition coefficient (Wildman–Crippen LogP) is 2.01. The topological polar surface area (TPSA) is 61.8 Å². The van der Waals surface area contributed by atoms with E-state index in [9.17, 15) is 4.79 Å². The van der Waals surface area contributed by atoms with E-state index < -0.39 is 5.60 Å². The number of likely N-dealkylation sites (tertiary alicyclic amines) is 1. The lowest BCUT2D eigenvalue weighted by Crippen LogP contribution is -2.50. The van der Waals surface area contributed by atoms with Crippen molar-refractivity contribution in [2.24, 2.45) is 0 Å². The van der Waals surface area contributed by atoms with Gasteiger partial charge in [-0.1, -0.05) is 0 Å². The van der Waals surface area contributed by atoms with E-state index in [4.69, 9.17) is 14.7 Å². The van der Waals surface area contributed by atoms with Crippen LogP contribution in [0.5, 0.6) is 0 Å². The van der Waals surface area contributed by atoms with Crippen molar-refractivity contribution in [3.8, 4) is 0 Å². The van der Waals surface area contributed by atoms with E-state index >= 15 is 0 Å². The van der Waals surface area contributed by atoms with Gasteiger partial charge < -0.3 is 19.4 Å². The van der Waals surface area contributed by atoms with Gasteiger partial charge in [-0.15, -0.1) is 0 Å². The number of carbonyl (C=O) groups excluding carboxylic acids is 1. The van der Waals surface area contributed by atoms with Crippen LogP contribution < -0.4 is 4.90 Å². The summed E-state index contributed by atoms with van der Waals surface area (Å²) in [6.45, 7) is 6.26. The molecule has 7 heteroatoms. The number of hydrogen-bond donors (Lipinski definition) is 0. The summed E-state index contributed by atoms with van der Waals surface area (Å²) in [7, 11) is 7.77. The Labute approximate surface area is 162 Å². The SMILES string of the molecule is COC(C)(C)C(=O)N1CCCCC1c1nc2c(c(N(C)C)n1)CN(C)CC2. The monoisotopic (exact) mass is 375 g/mol. The molecule has 0 radical (unpaired) electrons. The molecule has 1 aromatic heterocycles. The molecule has 27 heavy (non-hydrogen) atoms. The van der Waals surface area contributed by atoms with Crippen LogP contribution in [0.4, 0.5) is 5.82 Å². The molecule has 1 atom stereocenters. The molecule has 0 aromatic carbocycles. The molecular weight excluding hydrogens is 342 g/mol. The van der Waals surface area contributed by atoms with Crippen LogP contribution in [-0.2, 0) is 22.5 Å². The quantitative estimate of drug-likeness (QED) is 0.802. The second kappa shape index (κ2) is 7.72. The molecule has 1 unspecified atom stereocenters. The summed E-state index contributed by atoms with van der Waals surface area (Å²) in [6, 6.07) is -0.0793. The van der Waals surface area contributed by atoms with Gasteiger partial charge in [-0.05, 0) is 40.2 Å². The Morgan fingerprint density at radius 2 is 1.96 bits per heavy atom. The maximum Gasteiger partial charge on any atom is 0.254 e. The second-order valence-corrected chi connectivity index (χ2v) is 8.44. The first kappa shape index (κ1) is 20.0. The Morgan fingerprint density at radius 1 is 1.22 bits per heavy atom. The number of fused-ring (bicyclic) bond motifs is 1. The number of carbonyl (C=O) groups is 1. The van der Waals surface area contributed by atoms with Crippen molar-refractivity contribution in [1.82, 2.24) is 19.8 Å². The largest absolute Gasteiger partial charge is 0.369 e. The molecule has 150 valence electrons. The lowest BCUT2D eigenvalue weighted by Gasteiger charge is -2.39. The van der Waals surface area contributed by atoms with Gasteiger partial charge in [0.25, 0.3) is 5.91 Å². The molecule has 1 saturated heterocycles. The van der Waals surface area contributed by atoms with Crippen molar-refractivity contribution in [2.75, 3.05) is 46.2 Å². The van der Waals surface area contributed by atoms with Crippen molar-refractivity contribution < 1.29 is 9.53 Å². The van der Waals surface area contributed by atoms with Gasteiger partial charge in [0.15, 0.2) is 5.82 Å². The molecule has 0 aliphatic carbocycles. The zero-order valence-electron chi connectivity index (χ0n) is 17.6. The Bertz CT molecular complexity index is 704. The number of aromatic nitrogens is 2. The number of piperidine rings is 1. The van der Waals surface area contributed by atoms with Crippen LogP contribution in [-0.4, -0.2) is 72.6 Å². The molecule has 0 N–H and O–H groups in total. The van der Waals surface area contributed by atoms with Gasteiger partial charge >= 0.3 is 0 Å². The van der Waals surface area contributed by atoms with E-state index in [2.05, 4.69) is 16.8 Å². The van der Waals surface area contributed by atoms with Crippen LogP contribution in [0.2, 0.25) is 0 Å². The van der Waals surface area contributed by atoms with E-state index in [0.717, 1.165) is 62.7 Å². The maximum absolute atomic E-state index is 13.1. The highest BCUT2D eigenvalue weighted by Gasteiger charge is 2.39. The van der Waals surface area contributed by atoms with Crippen LogP contribution in [0.25, 0.3) is 0 Å².